The van der Waals surface area contributed by atoms with Gasteiger partial charge in [-0.15, -0.1) is 0 Å². The fraction of sp³-hybridized carbons (Fsp3) is 0.211. The maximum absolute atomic E-state index is 12.5. The normalized spacial score (nSPS) is 21.2. The van der Waals surface area contributed by atoms with Crippen LogP contribution in [-0.2, 0) is 11.3 Å². The van der Waals surface area contributed by atoms with Crippen LogP contribution in [0, 0.1) is 0 Å². The third-order valence-corrected chi connectivity index (χ3v) is 4.75. The Morgan fingerprint density at radius 3 is 2.83 bits per heavy atom. The number of rotatable bonds is 2. The third-order valence-electron chi connectivity index (χ3n) is 4.52. The molecule has 2 bridgehead atoms. The van der Waals surface area contributed by atoms with Gasteiger partial charge in [-0.05, 0) is 35.2 Å². The van der Waals surface area contributed by atoms with E-state index in [1.165, 1.54) is 5.56 Å². The van der Waals surface area contributed by atoms with E-state index in [9.17, 15) is 4.79 Å². The lowest BCUT2D eigenvalue weighted by Crippen LogP contribution is -2.31. The first-order valence-corrected chi connectivity index (χ1v) is 8.07. The molecular formula is C19H16ClNO2. The fourth-order valence-corrected chi connectivity index (χ4v) is 3.57. The monoisotopic (exact) mass is 325 g/mol. The van der Waals surface area contributed by atoms with E-state index in [1.54, 1.807) is 4.90 Å². The number of carbonyl (C=O) groups excluding carboxylic acids is 1. The maximum atomic E-state index is 12.5. The number of carbonyl (C=O) groups is 1. The molecule has 0 saturated carbocycles. The van der Waals surface area contributed by atoms with Crippen molar-refractivity contribution in [3.8, 4) is 0 Å². The van der Waals surface area contributed by atoms with Crippen molar-refractivity contribution in [1.29, 1.82) is 0 Å². The fourth-order valence-electron chi connectivity index (χ4n) is 3.39. The molecule has 0 saturated heterocycles. The molecule has 4 rings (SSSR count). The summed E-state index contributed by atoms with van der Waals surface area (Å²) in [5.74, 6) is 0.366. The highest BCUT2D eigenvalue weighted by Crippen LogP contribution is 2.48. The molecule has 0 N–H and O–H groups in total. The van der Waals surface area contributed by atoms with Gasteiger partial charge in [-0.1, -0.05) is 54.1 Å². The molecule has 1 amide bonds. The average molecular weight is 326 g/mol. The van der Waals surface area contributed by atoms with Crippen molar-refractivity contribution in [1.82, 2.24) is 4.90 Å². The summed E-state index contributed by atoms with van der Waals surface area (Å²) in [6.07, 6.45) is 4.49. The molecule has 2 aromatic rings. The van der Waals surface area contributed by atoms with Crippen molar-refractivity contribution in [2.75, 3.05) is 0 Å². The minimum Gasteiger partial charge on any atom is -0.444 e. The van der Waals surface area contributed by atoms with Gasteiger partial charge in [-0.2, -0.15) is 0 Å². The van der Waals surface area contributed by atoms with Crippen molar-refractivity contribution in [2.24, 2.45) is 0 Å². The summed E-state index contributed by atoms with van der Waals surface area (Å²) in [6, 6.07) is 15.7. The first-order valence-electron chi connectivity index (χ1n) is 7.69. The van der Waals surface area contributed by atoms with Crippen LogP contribution in [0.4, 0.5) is 4.79 Å². The predicted octanol–water partition coefficient (Wildman–Crippen LogP) is 5.03. The second kappa shape index (κ2) is 5.74. The number of nitrogens with zero attached hydrogens (tertiary/aromatic N) is 1. The number of amides is 1. The van der Waals surface area contributed by atoms with Crippen molar-refractivity contribution in [3.63, 3.8) is 0 Å². The topological polar surface area (TPSA) is 29.5 Å². The van der Waals surface area contributed by atoms with E-state index in [0.29, 0.717) is 10.9 Å². The molecule has 0 aromatic heterocycles. The third kappa shape index (κ3) is 2.62. The van der Waals surface area contributed by atoms with Gasteiger partial charge in [0.2, 0.25) is 0 Å². The SMILES string of the molecule is O=C(OCc1ccccc1)N1C=CC2CC1c1cc(Cl)ccc12. The molecule has 4 heteroatoms. The Morgan fingerprint density at radius 2 is 2.00 bits per heavy atom. The van der Waals surface area contributed by atoms with Gasteiger partial charge in [0.05, 0.1) is 6.04 Å². The minimum atomic E-state index is -0.318. The van der Waals surface area contributed by atoms with Crippen molar-refractivity contribution < 1.29 is 9.53 Å². The van der Waals surface area contributed by atoms with Gasteiger partial charge in [-0.25, -0.2) is 4.79 Å². The molecule has 2 aliphatic rings. The van der Waals surface area contributed by atoms with Crippen LogP contribution in [0.25, 0.3) is 0 Å². The summed E-state index contributed by atoms with van der Waals surface area (Å²) < 4.78 is 5.47. The summed E-state index contributed by atoms with van der Waals surface area (Å²) >= 11 is 6.13. The van der Waals surface area contributed by atoms with Crippen LogP contribution in [-0.4, -0.2) is 11.0 Å². The van der Waals surface area contributed by atoms with Gasteiger partial charge in [0.15, 0.2) is 0 Å². The smallest absolute Gasteiger partial charge is 0.414 e. The van der Waals surface area contributed by atoms with Crippen LogP contribution in [0.15, 0.2) is 60.8 Å². The van der Waals surface area contributed by atoms with Gasteiger partial charge in [0.25, 0.3) is 0 Å². The highest BCUT2D eigenvalue weighted by molar-refractivity contribution is 6.30. The Balaban J connectivity index is 1.53. The highest BCUT2D eigenvalue weighted by atomic mass is 35.5. The average Bonchev–Trinajstić information content (AvgIpc) is 2.86. The number of benzene rings is 2. The van der Waals surface area contributed by atoms with Crippen LogP contribution < -0.4 is 0 Å². The summed E-state index contributed by atoms with van der Waals surface area (Å²) in [5.41, 5.74) is 3.37. The first kappa shape index (κ1) is 14.3. The van der Waals surface area contributed by atoms with Gasteiger partial charge in [0.1, 0.15) is 6.61 Å². The molecule has 1 heterocycles. The molecule has 2 unspecified atom stereocenters. The summed E-state index contributed by atoms with van der Waals surface area (Å²) in [5, 5.41) is 0.703. The van der Waals surface area contributed by atoms with E-state index in [4.69, 9.17) is 16.3 Å². The predicted molar refractivity (Wildman–Crippen MR) is 89.2 cm³/mol. The second-order valence-electron chi connectivity index (χ2n) is 5.92. The lowest BCUT2D eigenvalue weighted by molar-refractivity contribution is 0.0961. The number of fused-ring (bicyclic) bond motifs is 5. The van der Waals surface area contributed by atoms with Gasteiger partial charge in [0, 0.05) is 17.1 Å². The minimum absolute atomic E-state index is 0.0157. The van der Waals surface area contributed by atoms with E-state index in [1.807, 2.05) is 48.7 Å². The second-order valence-corrected chi connectivity index (χ2v) is 6.36. The molecular weight excluding hydrogens is 310 g/mol. The molecule has 0 radical (unpaired) electrons. The zero-order chi connectivity index (χ0) is 15.8. The first-order chi connectivity index (χ1) is 11.2. The quantitative estimate of drug-likeness (QED) is 0.774. The van der Waals surface area contributed by atoms with Gasteiger partial charge >= 0.3 is 6.09 Å². The Labute approximate surface area is 140 Å². The Morgan fingerprint density at radius 1 is 1.17 bits per heavy atom. The maximum Gasteiger partial charge on any atom is 0.414 e. The molecule has 23 heavy (non-hydrogen) atoms. The Bertz CT molecular complexity index is 772. The number of halogens is 1. The molecule has 0 fully saturated rings. The van der Waals surface area contributed by atoms with E-state index >= 15 is 0 Å². The number of ether oxygens (including phenoxy) is 1. The summed E-state index contributed by atoms with van der Waals surface area (Å²) in [6.45, 7) is 0.280. The Kier molecular flexibility index (Phi) is 3.58. The summed E-state index contributed by atoms with van der Waals surface area (Å²) in [4.78, 5) is 14.2. The molecule has 2 aromatic carbocycles. The lowest BCUT2D eigenvalue weighted by Gasteiger charge is -2.28. The van der Waals surface area contributed by atoms with Crippen LogP contribution in [0.1, 0.15) is 35.1 Å². The molecule has 0 spiro atoms. The molecule has 3 nitrogen and oxygen atoms in total. The van der Waals surface area contributed by atoms with Crippen LogP contribution in [0.5, 0.6) is 0 Å². The van der Waals surface area contributed by atoms with Gasteiger partial charge in [-0.3, -0.25) is 4.90 Å². The Hall–Kier alpha value is -2.26. The van der Waals surface area contributed by atoms with E-state index in [0.717, 1.165) is 17.5 Å². The number of hydrogen-bond acceptors (Lipinski definition) is 2. The molecule has 116 valence electrons. The molecule has 1 aliphatic heterocycles. The van der Waals surface area contributed by atoms with E-state index < -0.39 is 0 Å². The molecule has 1 aliphatic carbocycles. The number of allylic oxidation sites excluding steroid dienone is 1. The molecule has 2 atom stereocenters. The van der Waals surface area contributed by atoms with Crippen molar-refractivity contribution in [2.45, 2.75) is 25.0 Å². The summed E-state index contributed by atoms with van der Waals surface area (Å²) in [7, 11) is 0. The zero-order valence-electron chi connectivity index (χ0n) is 12.5. The van der Waals surface area contributed by atoms with Crippen molar-refractivity contribution >= 4 is 17.7 Å². The highest BCUT2D eigenvalue weighted by Gasteiger charge is 2.38. The van der Waals surface area contributed by atoms with E-state index in [2.05, 4.69) is 12.1 Å². The van der Waals surface area contributed by atoms with Crippen LogP contribution in [0.3, 0.4) is 0 Å². The zero-order valence-corrected chi connectivity index (χ0v) is 13.2. The lowest BCUT2D eigenvalue weighted by atomic mass is 10.0. The van der Waals surface area contributed by atoms with Crippen LogP contribution >= 0.6 is 11.6 Å². The van der Waals surface area contributed by atoms with Gasteiger partial charge < -0.3 is 4.74 Å². The van der Waals surface area contributed by atoms with E-state index in [-0.39, 0.29) is 18.7 Å². The number of hydrogen-bond donors (Lipinski definition) is 0. The van der Waals surface area contributed by atoms with Crippen molar-refractivity contribution in [3.05, 3.63) is 82.5 Å². The van der Waals surface area contributed by atoms with Crippen LogP contribution in [0.2, 0.25) is 5.02 Å². The standard InChI is InChI=1S/C19H16ClNO2/c20-15-6-7-16-14-8-9-21(18(10-14)17(16)11-15)19(22)23-12-13-4-2-1-3-5-13/h1-9,11,14,18H,10,12H2. The largest absolute Gasteiger partial charge is 0.444 e.